The summed E-state index contributed by atoms with van der Waals surface area (Å²) in [6.07, 6.45) is 0. The van der Waals surface area contributed by atoms with Gasteiger partial charge in [-0.3, -0.25) is 4.79 Å². The minimum Gasteiger partial charge on any atom is -0.460 e. The summed E-state index contributed by atoms with van der Waals surface area (Å²) in [5.74, 6) is -1.44. The molecule has 0 saturated heterocycles. The van der Waals surface area contributed by atoms with Gasteiger partial charge in [-0.05, 0) is 31.5 Å². The second-order valence-electron chi connectivity index (χ2n) is 3.03. The lowest BCUT2D eigenvalue weighted by molar-refractivity contribution is -0.137. The Bertz CT molecular complexity index is 399. The van der Waals surface area contributed by atoms with Crippen LogP contribution >= 0.6 is 15.9 Å². The van der Waals surface area contributed by atoms with Gasteiger partial charge >= 0.3 is 5.97 Å². The van der Waals surface area contributed by atoms with E-state index in [4.69, 9.17) is 0 Å². The van der Waals surface area contributed by atoms with E-state index in [-0.39, 0.29) is 6.61 Å². The van der Waals surface area contributed by atoms with Gasteiger partial charge in [0.15, 0.2) is 0 Å². The van der Waals surface area contributed by atoms with Crippen LogP contribution in [0.15, 0.2) is 22.7 Å². The Labute approximate surface area is 96.6 Å². The number of ketones is 1. The van der Waals surface area contributed by atoms with Gasteiger partial charge in [-0.1, -0.05) is 22.0 Å². The van der Waals surface area contributed by atoms with Crippen LogP contribution in [0.4, 0.5) is 0 Å². The fraction of sp³-hybridized carbons (Fsp3) is 0.273. The average molecular weight is 271 g/mol. The van der Waals surface area contributed by atoms with Crippen molar-refractivity contribution in [2.24, 2.45) is 0 Å². The zero-order chi connectivity index (χ0) is 11.4. The summed E-state index contributed by atoms with van der Waals surface area (Å²) in [5.41, 5.74) is 1.35. The lowest BCUT2D eigenvalue weighted by Crippen LogP contribution is -2.17. The first kappa shape index (κ1) is 11.9. The van der Waals surface area contributed by atoms with Crippen molar-refractivity contribution in [1.29, 1.82) is 0 Å². The molecular formula is C11H11BrO3. The smallest absolute Gasteiger partial charge is 0.379 e. The van der Waals surface area contributed by atoms with Crippen molar-refractivity contribution in [3.05, 3.63) is 33.8 Å². The van der Waals surface area contributed by atoms with E-state index in [1.54, 1.807) is 25.1 Å². The predicted octanol–water partition coefficient (Wildman–Crippen LogP) is 2.50. The highest BCUT2D eigenvalue weighted by molar-refractivity contribution is 9.10. The Balaban J connectivity index is 2.96. The lowest BCUT2D eigenvalue weighted by atomic mass is 10.1. The molecule has 0 aliphatic carbocycles. The number of hydrogen-bond acceptors (Lipinski definition) is 3. The van der Waals surface area contributed by atoms with Gasteiger partial charge in [0, 0.05) is 10.0 Å². The summed E-state index contributed by atoms with van der Waals surface area (Å²) in [4.78, 5) is 22.8. The first-order valence-electron chi connectivity index (χ1n) is 4.54. The minimum atomic E-state index is -0.818. The Morgan fingerprint density at radius 3 is 2.60 bits per heavy atom. The molecule has 0 unspecified atom stereocenters. The fourth-order valence-corrected chi connectivity index (χ4v) is 1.78. The molecule has 0 radical (unpaired) electrons. The molecule has 0 aliphatic rings. The number of carbonyl (C=O) groups excluding carboxylic acids is 2. The van der Waals surface area contributed by atoms with Crippen LogP contribution in [-0.4, -0.2) is 18.4 Å². The molecule has 1 rings (SSSR count). The van der Waals surface area contributed by atoms with E-state index in [0.717, 1.165) is 5.56 Å². The van der Waals surface area contributed by atoms with Gasteiger partial charge in [0.2, 0.25) is 0 Å². The summed E-state index contributed by atoms with van der Waals surface area (Å²) in [6, 6.07) is 5.17. The van der Waals surface area contributed by atoms with E-state index < -0.39 is 11.8 Å². The van der Waals surface area contributed by atoms with Crippen LogP contribution in [0.25, 0.3) is 0 Å². The molecule has 0 N–H and O–H groups in total. The number of carbonyl (C=O) groups is 2. The zero-order valence-corrected chi connectivity index (χ0v) is 10.1. The zero-order valence-electron chi connectivity index (χ0n) is 8.54. The monoisotopic (exact) mass is 270 g/mol. The van der Waals surface area contributed by atoms with Crippen molar-refractivity contribution in [2.45, 2.75) is 13.8 Å². The number of esters is 1. The minimum absolute atomic E-state index is 0.202. The van der Waals surface area contributed by atoms with Gasteiger partial charge in [0.25, 0.3) is 5.78 Å². The molecule has 0 bridgehead atoms. The topological polar surface area (TPSA) is 43.4 Å². The lowest BCUT2D eigenvalue weighted by Gasteiger charge is -2.03. The van der Waals surface area contributed by atoms with E-state index in [9.17, 15) is 9.59 Å². The molecule has 1 aromatic rings. The molecule has 4 heteroatoms. The third-order valence-corrected chi connectivity index (χ3v) is 2.49. The third-order valence-electron chi connectivity index (χ3n) is 1.83. The number of ether oxygens (including phenoxy) is 1. The van der Waals surface area contributed by atoms with Crippen LogP contribution in [0.5, 0.6) is 0 Å². The highest BCUT2D eigenvalue weighted by Gasteiger charge is 2.19. The van der Waals surface area contributed by atoms with Crippen molar-refractivity contribution in [3.63, 3.8) is 0 Å². The van der Waals surface area contributed by atoms with Gasteiger partial charge in [-0.25, -0.2) is 4.79 Å². The summed E-state index contributed by atoms with van der Waals surface area (Å²) in [5, 5.41) is 0. The molecule has 0 amide bonds. The highest BCUT2D eigenvalue weighted by Crippen LogP contribution is 2.19. The summed E-state index contributed by atoms with van der Waals surface area (Å²) >= 11 is 3.24. The number of halogens is 1. The molecule has 0 atom stereocenters. The van der Waals surface area contributed by atoms with Gasteiger partial charge in [-0.2, -0.15) is 0 Å². The maximum Gasteiger partial charge on any atom is 0.379 e. The van der Waals surface area contributed by atoms with Crippen molar-refractivity contribution in [2.75, 3.05) is 6.61 Å². The Hall–Kier alpha value is -1.16. The van der Waals surface area contributed by atoms with Crippen molar-refractivity contribution in [1.82, 2.24) is 0 Å². The van der Waals surface area contributed by atoms with Gasteiger partial charge in [-0.15, -0.1) is 0 Å². The molecule has 0 saturated carbocycles. The largest absolute Gasteiger partial charge is 0.460 e. The highest BCUT2D eigenvalue weighted by atomic mass is 79.9. The first-order valence-corrected chi connectivity index (χ1v) is 5.33. The van der Waals surface area contributed by atoms with Crippen LogP contribution in [0.1, 0.15) is 22.8 Å². The SMILES string of the molecule is CCOC(=O)C(=O)c1ccc(C)cc1Br. The van der Waals surface area contributed by atoms with Crippen molar-refractivity contribution in [3.8, 4) is 0 Å². The average Bonchev–Trinajstić information content (AvgIpc) is 2.17. The standard InChI is InChI=1S/C11H11BrO3/c1-3-15-11(14)10(13)8-5-4-7(2)6-9(8)12/h4-6H,3H2,1-2H3. The molecule has 0 fully saturated rings. The second-order valence-corrected chi connectivity index (χ2v) is 3.89. The molecule has 0 heterocycles. The first-order chi connectivity index (χ1) is 7.06. The molecule has 1 aromatic carbocycles. The number of Topliss-reactive ketones (excluding diaryl/α,β-unsaturated/α-hetero) is 1. The van der Waals surface area contributed by atoms with Gasteiger partial charge in [0.1, 0.15) is 0 Å². The normalized spacial score (nSPS) is 9.80. The van der Waals surface area contributed by atoms with Gasteiger partial charge in [0.05, 0.1) is 6.61 Å². The second kappa shape index (κ2) is 5.07. The summed E-state index contributed by atoms with van der Waals surface area (Å²) < 4.78 is 5.25. The van der Waals surface area contributed by atoms with E-state index in [0.29, 0.717) is 10.0 Å². The molecule has 3 nitrogen and oxygen atoms in total. The fourth-order valence-electron chi connectivity index (χ4n) is 1.11. The molecular weight excluding hydrogens is 260 g/mol. The van der Waals surface area contributed by atoms with Crippen LogP contribution in [-0.2, 0) is 9.53 Å². The molecule has 0 aromatic heterocycles. The van der Waals surface area contributed by atoms with E-state index >= 15 is 0 Å². The quantitative estimate of drug-likeness (QED) is 0.482. The summed E-state index contributed by atoms with van der Waals surface area (Å²) in [7, 11) is 0. The Morgan fingerprint density at radius 2 is 2.07 bits per heavy atom. The number of hydrogen-bond donors (Lipinski definition) is 0. The molecule has 80 valence electrons. The van der Waals surface area contributed by atoms with E-state index in [1.807, 2.05) is 6.92 Å². The number of aryl methyl sites for hydroxylation is 1. The molecule has 0 aliphatic heterocycles. The number of benzene rings is 1. The van der Waals surface area contributed by atoms with Crippen LogP contribution in [0.2, 0.25) is 0 Å². The van der Waals surface area contributed by atoms with Gasteiger partial charge < -0.3 is 4.74 Å². The maximum absolute atomic E-state index is 11.6. The van der Waals surface area contributed by atoms with Crippen molar-refractivity contribution >= 4 is 27.7 Å². The Morgan fingerprint density at radius 1 is 1.40 bits per heavy atom. The van der Waals surface area contributed by atoms with Crippen LogP contribution in [0.3, 0.4) is 0 Å². The predicted molar refractivity (Wildman–Crippen MR) is 59.8 cm³/mol. The summed E-state index contributed by atoms with van der Waals surface area (Å²) in [6.45, 7) is 3.77. The molecule has 15 heavy (non-hydrogen) atoms. The van der Waals surface area contributed by atoms with Crippen LogP contribution < -0.4 is 0 Å². The van der Waals surface area contributed by atoms with E-state index in [1.165, 1.54) is 0 Å². The Kier molecular flexibility index (Phi) is 4.03. The van der Waals surface area contributed by atoms with Crippen molar-refractivity contribution < 1.29 is 14.3 Å². The maximum atomic E-state index is 11.6. The number of rotatable bonds is 3. The third kappa shape index (κ3) is 2.89. The van der Waals surface area contributed by atoms with Crippen LogP contribution in [0, 0.1) is 6.92 Å². The van der Waals surface area contributed by atoms with E-state index in [2.05, 4.69) is 20.7 Å². The molecule has 0 spiro atoms.